The van der Waals surface area contributed by atoms with Crippen LogP contribution in [0.25, 0.3) is 0 Å². The van der Waals surface area contributed by atoms with Gasteiger partial charge in [-0.05, 0) is 35.7 Å². The summed E-state index contributed by atoms with van der Waals surface area (Å²) in [5, 5.41) is 7.39. The van der Waals surface area contributed by atoms with E-state index in [1.54, 1.807) is 6.20 Å². The monoisotopic (exact) mass is 381 g/mol. The fourth-order valence-electron chi connectivity index (χ4n) is 2.72. The van der Waals surface area contributed by atoms with Crippen LogP contribution in [0.4, 0.5) is 0 Å². The standard InChI is InChI=1S/C21H24ClN5/c1-2-24-21(25-13-17-6-8-20(22)9-7-17)26-14-18-4-3-5-19(12-18)15-27-11-10-23-16-27/h3-12,16H,2,13-15H2,1H3,(H2,24,25,26). The molecule has 0 atom stereocenters. The quantitative estimate of drug-likeness (QED) is 0.483. The summed E-state index contributed by atoms with van der Waals surface area (Å²) >= 11 is 5.94. The van der Waals surface area contributed by atoms with Crippen molar-refractivity contribution < 1.29 is 0 Å². The SMILES string of the molecule is CCNC(=NCc1cccc(Cn2ccnc2)c1)NCc1ccc(Cl)cc1. The third-order valence-corrected chi connectivity index (χ3v) is 4.30. The van der Waals surface area contributed by atoms with Crippen molar-refractivity contribution in [3.8, 4) is 0 Å². The van der Waals surface area contributed by atoms with E-state index in [-0.39, 0.29) is 0 Å². The Hall–Kier alpha value is -2.79. The first-order valence-corrected chi connectivity index (χ1v) is 9.41. The summed E-state index contributed by atoms with van der Waals surface area (Å²) in [4.78, 5) is 8.79. The second-order valence-corrected chi connectivity index (χ2v) is 6.67. The molecule has 0 saturated carbocycles. The number of benzene rings is 2. The molecule has 0 unspecified atom stereocenters. The average Bonchev–Trinajstić information content (AvgIpc) is 3.18. The Bertz CT molecular complexity index is 857. The van der Waals surface area contributed by atoms with Crippen molar-refractivity contribution in [2.24, 2.45) is 4.99 Å². The number of guanidine groups is 1. The van der Waals surface area contributed by atoms with E-state index in [1.807, 2.05) is 36.8 Å². The first-order chi connectivity index (χ1) is 13.2. The molecule has 0 aliphatic rings. The normalized spacial score (nSPS) is 11.4. The van der Waals surface area contributed by atoms with E-state index in [4.69, 9.17) is 16.6 Å². The molecular weight excluding hydrogens is 358 g/mol. The van der Waals surface area contributed by atoms with Crippen LogP contribution in [0, 0.1) is 0 Å². The Morgan fingerprint density at radius 1 is 1.07 bits per heavy atom. The van der Waals surface area contributed by atoms with Gasteiger partial charge in [0, 0.05) is 37.1 Å². The molecule has 27 heavy (non-hydrogen) atoms. The molecule has 0 bridgehead atoms. The molecule has 0 spiro atoms. The van der Waals surface area contributed by atoms with Crippen molar-refractivity contribution in [1.29, 1.82) is 0 Å². The molecule has 6 heteroatoms. The number of nitrogens with one attached hydrogen (secondary N) is 2. The molecule has 140 valence electrons. The number of halogens is 1. The second-order valence-electron chi connectivity index (χ2n) is 6.23. The first-order valence-electron chi connectivity index (χ1n) is 9.03. The van der Waals surface area contributed by atoms with Crippen molar-refractivity contribution in [1.82, 2.24) is 20.2 Å². The van der Waals surface area contributed by atoms with Crippen LogP contribution in [0.2, 0.25) is 5.02 Å². The molecule has 0 aliphatic heterocycles. The van der Waals surface area contributed by atoms with Crippen LogP contribution in [0.1, 0.15) is 23.6 Å². The molecule has 5 nitrogen and oxygen atoms in total. The number of nitrogens with zero attached hydrogens (tertiary/aromatic N) is 3. The highest BCUT2D eigenvalue weighted by Crippen LogP contribution is 2.10. The van der Waals surface area contributed by atoms with Crippen LogP contribution in [-0.4, -0.2) is 22.1 Å². The van der Waals surface area contributed by atoms with E-state index in [1.165, 1.54) is 11.1 Å². The van der Waals surface area contributed by atoms with E-state index in [0.29, 0.717) is 13.1 Å². The molecular formula is C21H24ClN5. The lowest BCUT2D eigenvalue weighted by molar-refractivity contribution is 0.793. The lowest BCUT2D eigenvalue weighted by Gasteiger charge is -2.12. The third-order valence-electron chi connectivity index (χ3n) is 4.05. The van der Waals surface area contributed by atoms with Crippen molar-refractivity contribution in [2.45, 2.75) is 26.6 Å². The minimum atomic E-state index is 0.619. The molecule has 2 aromatic carbocycles. The van der Waals surface area contributed by atoms with E-state index < -0.39 is 0 Å². The molecule has 0 aliphatic carbocycles. The third kappa shape index (κ3) is 6.15. The summed E-state index contributed by atoms with van der Waals surface area (Å²) in [7, 11) is 0. The molecule has 3 rings (SSSR count). The van der Waals surface area contributed by atoms with Crippen molar-refractivity contribution >= 4 is 17.6 Å². The second kappa shape index (κ2) is 9.78. The zero-order chi connectivity index (χ0) is 18.9. The Balaban J connectivity index is 1.61. The fourth-order valence-corrected chi connectivity index (χ4v) is 2.84. The number of hydrogen-bond donors (Lipinski definition) is 2. The Morgan fingerprint density at radius 3 is 2.63 bits per heavy atom. The zero-order valence-electron chi connectivity index (χ0n) is 15.4. The maximum Gasteiger partial charge on any atom is 0.191 e. The van der Waals surface area contributed by atoms with Gasteiger partial charge in [-0.3, -0.25) is 0 Å². The number of aliphatic imine (C=N–C) groups is 1. The van der Waals surface area contributed by atoms with Gasteiger partial charge in [0.1, 0.15) is 0 Å². The van der Waals surface area contributed by atoms with Crippen LogP contribution in [0.3, 0.4) is 0 Å². The van der Waals surface area contributed by atoms with Gasteiger partial charge in [0.25, 0.3) is 0 Å². The van der Waals surface area contributed by atoms with Gasteiger partial charge in [0.2, 0.25) is 0 Å². The van der Waals surface area contributed by atoms with E-state index in [2.05, 4.69) is 51.4 Å². The minimum absolute atomic E-state index is 0.619. The van der Waals surface area contributed by atoms with Crippen LogP contribution in [0.15, 0.2) is 72.2 Å². The lowest BCUT2D eigenvalue weighted by atomic mass is 10.1. The number of rotatable bonds is 7. The van der Waals surface area contributed by atoms with Crippen LogP contribution in [-0.2, 0) is 19.6 Å². The van der Waals surface area contributed by atoms with Gasteiger partial charge in [-0.25, -0.2) is 9.98 Å². The molecule has 0 saturated heterocycles. The van der Waals surface area contributed by atoms with Gasteiger partial charge in [0.15, 0.2) is 5.96 Å². The highest BCUT2D eigenvalue weighted by atomic mass is 35.5. The minimum Gasteiger partial charge on any atom is -0.357 e. The summed E-state index contributed by atoms with van der Waals surface area (Å²) in [6, 6.07) is 16.3. The summed E-state index contributed by atoms with van der Waals surface area (Å²) in [6.45, 7) is 5.00. The first kappa shape index (κ1) is 19.0. The summed E-state index contributed by atoms with van der Waals surface area (Å²) in [6.07, 6.45) is 5.59. The van der Waals surface area contributed by atoms with Crippen molar-refractivity contribution in [3.63, 3.8) is 0 Å². The Labute approximate surface area is 165 Å². The molecule has 1 heterocycles. The maximum absolute atomic E-state index is 5.94. The van der Waals surface area contributed by atoms with E-state index >= 15 is 0 Å². The topological polar surface area (TPSA) is 54.2 Å². The van der Waals surface area contributed by atoms with Crippen LogP contribution in [0.5, 0.6) is 0 Å². The molecule has 0 fully saturated rings. The number of aromatic nitrogens is 2. The maximum atomic E-state index is 5.94. The molecule has 3 aromatic rings. The van der Waals surface area contributed by atoms with Crippen LogP contribution >= 0.6 is 11.6 Å². The van der Waals surface area contributed by atoms with Gasteiger partial charge in [-0.2, -0.15) is 0 Å². The van der Waals surface area contributed by atoms with E-state index in [0.717, 1.165) is 29.6 Å². The average molecular weight is 382 g/mol. The lowest BCUT2D eigenvalue weighted by Crippen LogP contribution is -2.36. The Morgan fingerprint density at radius 2 is 1.89 bits per heavy atom. The van der Waals surface area contributed by atoms with E-state index in [9.17, 15) is 0 Å². The molecule has 0 radical (unpaired) electrons. The summed E-state index contributed by atoms with van der Waals surface area (Å²) < 4.78 is 2.06. The summed E-state index contributed by atoms with van der Waals surface area (Å²) in [5.41, 5.74) is 3.57. The highest BCUT2D eigenvalue weighted by molar-refractivity contribution is 6.30. The van der Waals surface area contributed by atoms with Gasteiger partial charge < -0.3 is 15.2 Å². The predicted octanol–water partition coefficient (Wildman–Crippen LogP) is 3.84. The molecule has 1 aromatic heterocycles. The van der Waals surface area contributed by atoms with Crippen molar-refractivity contribution in [2.75, 3.05) is 6.54 Å². The highest BCUT2D eigenvalue weighted by Gasteiger charge is 2.01. The smallest absolute Gasteiger partial charge is 0.191 e. The number of imidazole rings is 1. The van der Waals surface area contributed by atoms with Gasteiger partial charge >= 0.3 is 0 Å². The predicted molar refractivity (Wildman–Crippen MR) is 111 cm³/mol. The van der Waals surface area contributed by atoms with Gasteiger partial charge in [-0.15, -0.1) is 0 Å². The van der Waals surface area contributed by atoms with Gasteiger partial charge in [0.05, 0.1) is 12.9 Å². The largest absolute Gasteiger partial charge is 0.357 e. The number of hydrogen-bond acceptors (Lipinski definition) is 2. The molecule has 0 amide bonds. The molecule has 2 N–H and O–H groups in total. The summed E-state index contributed by atoms with van der Waals surface area (Å²) in [5.74, 6) is 0.799. The van der Waals surface area contributed by atoms with Crippen molar-refractivity contribution in [3.05, 3.63) is 89.0 Å². The Kier molecular flexibility index (Phi) is 6.88. The zero-order valence-corrected chi connectivity index (χ0v) is 16.2. The fraction of sp³-hybridized carbons (Fsp3) is 0.238. The van der Waals surface area contributed by atoms with Crippen LogP contribution < -0.4 is 10.6 Å². The van der Waals surface area contributed by atoms with Gasteiger partial charge in [-0.1, -0.05) is 48.0 Å².